The van der Waals surface area contributed by atoms with Gasteiger partial charge in [-0.15, -0.1) is 0 Å². The van der Waals surface area contributed by atoms with Crippen LogP contribution in [0.2, 0.25) is 5.02 Å². The molecule has 6 heteroatoms. The Morgan fingerprint density at radius 2 is 1.68 bits per heavy atom. The number of sulfonamides is 1. The third-order valence-electron chi connectivity index (χ3n) is 2.56. The number of halogens is 1. The van der Waals surface area contributed by atoms with Crippen molar-refractivity contribution in [2.75, 3.05) is 0 Å². The highest BCUT2D eigenvalue weighted by molar-refractivity contribution is 7.89. The summed E-state index contributed by atoms with van der Waals surface area (Å²) in [5.41, 5.74) is 0.700. The molecule has 2 rings (SSSR count). The monoisotopic (exact) mass is 297 g/mol. The second-order valence-electron chi connectivity index (χ2n) is 3.91. The van der Waals surface area contributed by atoms with Crippen LogP contribution in [0, 0.1) is 0 Å². The maximum Gasteiger partial charge on any atom is 0.240 e. The first-order valence-electron chi connectivity index (χ1n) is 5.51. The third kappa shape index (κ3) is 3.47. The van der Waals surface area contributed by atoms with Gasteiger partial charge in [-0.3, -0.25) is 0 Å². The molecule has 0 aliphatic carbocycles. The second kappa shape index (κ2) is 5.61. The summed E-state index contributed by atoms with van der Waals surface area (Å²) >= 11 is 5.95. The van der Waals surface area contributed by atoms with Gasteiger partial charge in [0.25, 0.3) is 0 Å². The van der Waals surface area contributed by atoms with Crippen molar-refractivity contribution in [1.82, 2.24) is 4.72 Å². The first-order chi connectivity index (χ1) is 8.99. The van der Waals surface area contributed by atoms with E-state index in [1.54, 1.807) is 24.3 Å². The standard InChI is InChI=1S/C13H12ClNO3S/c14-13-4-2-1-3-10(13)9-15-19(17,18)12-7-5-11(16)6-8-12/h1-8,15-16H,9H2. The van der Waals surface area contributed by atoms with Crippen molar-refractivity contribution in [2.24, 2.45) is 0 Å². The topological polar surface area (TPSA) is 66.4 Å². The summed E-state index contributed by atoms with van der Waals surface area (Å²) in [6.45, 7) is 0.114. The number of nitrogens with one attached hydrogen (secondary N) is 1. The molecule has 0 spiro atoms. The van der Waals surface area contributed by atoms with Gasteiger partial charge in [0.1, 0.15) is 5.75 Å². The lowest BCUT2D eigenvalue weighted by molar-refractivity contribution is 0.474. The Morgan fingerprint density at radius 3 is 2.32 bits per heavy atom. The Labute approximate surface area is 116 Å². The fourth-order valence-electron chi connectivity index (χ4n) is 1.52. The van der Waals surface area contributed by atoms with Crippen molar-refractivity contribution < 1.29 is 13.5 Å². The lowest BCUT2D eigenvalue weighted by Gasteiger charge is -2.08. The summed E-state index contributed by atoms with van der Waals surface area (Å²) in [6.07, 6.45) is 0. The Kier molecular flexibility index (Phi) is 4.09. The molecular formula is C13H12ClNO3S. The van der Waals surface area contributed by atoms with Crippen molar-refractivity contribution in [2.45, 2.75) is 11.4 Å². The molecule has 2 aromatic carbocycles. The molecule has 0 radical (unpaired) electrons. The minimum Gasteiger partial charge on any atom is -0.508 e. The predicted molar refractivity (Wildman–Crippen MR) is 73.6 cm³/mol. The average molecular weight is 298 g/mol. The van der Waals surface area contributed by atoms with Crippen LogP contribution in [-0.4, -0.2) is 13.5 Å². The maximum atomic E-state index is 12.0. The molecule has 0 saturated carbocycles. The van der Waals surface area contributed by atoms with Crippen LogP contribution in [0.1, 0.15) is 5.56 Å². The molecule has 0 saturated heterocycles. The number of aromatic hydroxyl groups is 1. The van der Waals surface area contributed by atoms with E-state index in [1.165, 1.54) is 24.3 Å². The van der Waals surface area contributed by atoms with Crippen LogP contribution in [-0.2, 0) is 16.6 Å². The van der Waals surface area contributed by atoms with E-state index in [1.807, 2.05) is 0 Å². The van der Waals surface area contributed by atoms with Crippen molar-refractivity contribution >= 4 is 21.6 Å². The Hall–Kier alpha value is -1.56. The van der Waals surface area contributed by atoms with E-state index in [2.05, 4.69) is 4.72 Å². The highest BCUT2D eigenvalue weighted by Gasteiger charge is 2.13. The van der Waals surface area contributed by atoms with Gasteiger partial charge in [0.2, 0.25) is 10.0 Å². The molecule has 0 aromatic heterocycles. The van der Waals surface area contributed by atoms with Crippen molar-refractivity contribution in [3.8, 4) is 5.75 Å². The molecule has 0 heterocycles. The first kappa shape index (κ1) is 13.9. The predicted octanol–water partition coefficient (Wildman–Crippen LogP) is 2.52. The Morgan fingerprint density at radius 1 is 1.05 bits per heavy atom. The summed E-state index contributed by atoms with van der Waals surface area (Å²) in [5.74, 6) is 0.0186. The Balaban J connectivity index is 2.14. The van der Waals surface area contributed by atoms with Crippen LogP contribution in [0.25, 0.3) is 0 Å². The van der Waals surface area contributed by atoms with Gasteiger partial charge in [-0.25, -0.2) is 13.1 Å². The largest absolute Gasteiger partial charge is 0.508 e. The molecule has 0 bridgehead atoms. The minimum absolute atomic E-state index is 0.0186. The molecule has 19 heavy (non-hydrogen) atoms. The normalized spacial score (nSPS) is 11.4. The zero-order valence-corrected chi connectivity index (χ0v) is 11.4. The van der Waals surface area contributed by atoms with Crippen LogP contribution < -0.4 is 4.72 Å². The van der Waals surface area contributed by atoms with Gasteiger partial charge in [-0.2, -0.15) is 0 Å². The van der Waals surface area contributed by atoms with Crippen LogP contribution in [0.5, 0.6) is 5.75 Å². The van der Waals surface area contributed by atoms with Gasteiger partial charge in [0, 0.05) is 11.6 Å². The van der Waals surface area contributed by atoms with Crippen molar-refractivity contribution in [3.63, 3.8) is 0 Å². The average Bonchev–Trinajstić information content (AvgIpc) is 2.38. The quantitative estimate of drug-likeness (QED) is 0.911. The minimum atomic E-state index is -3.61. The summed E-state index contributed by atoms with van der Waals surface area (Å²) < 4.78 is 26.4. The zero-order valence-electron chi connectivity index (χ0n) is 9.88. The number of benzene rings is 2. The molecule has 0 amide bonds. The maximum absolute atomic E-state index is 12.0. The van der Waals surface area contributed by atoms with Gasteiger partial charge in [-0.1, -0.05) is 29.8 Å². The van der Waals surface area contributed by atoms with Crippen LogP contribution in [0.4, 0.5) is 0 Å². The van der Waals surface area contributed by atoms with Gasteiger partial charge in [0.05, 0.1) is 4.90 Å². The molecule has 0 fully saturated rings. The molecular weight excluding hydrogens is 286 g/mol. The van der Waals surface area contributed by atoms with E-state index in [9.17, 15) is 8.42 Å². The summed E-state index contributed by atoms with van der Waals surface area (Å²) in [6, 6.07) is 12.3. The smallest absolute Gasteiger partial charge is 0.240 e. The van der Waals surface area contributed by atoms with E-state index >= 15 is 0 Å². The first-order valence-corrected chi connectivity index (χ1v) is 7.37. The van der Waals surface area contributed by atoms with Gasteiger partial charge in [0.15, 0.2) is 0 Å². The van der Waals surface area contributed by atoms with Crippen LogP contribution in [0.3, 0.4) is 0 Å². The summed E-state index contributed by atoms with van der Waals surface area (Å²) in [4.78, 5) is 0.0948. The molecule has 100 valence electrons. The van der Waals surface area contributed by atoms with E-state index in [-0.39, 0.29) is 17.2 Å². The highest BCUT2D eigenvalue weighted by Crippen LogP contribution is 2.17. The number of hydrogen-bond donors (Lipinski definition) is 2. The molecule has 0 aliphatic rings. The van der Waals surface area contributed by atoms with Crippen molar-refractivity contribution in [3.05, 3.63) is 59.1 Å². The van der Waals surface area contributed by atoms with Crippen molar-refractivity contribution in [1.29, 1.82) is 0 Å². The highest BCUT2D eigenvalue weighted by atomic mass is 35.5. The third-order valence-corrected chi connectivity index (χ3v) is 4.34. The molecule has 0 unspecified atom stereocenters. The SMILES string of the molecule is O=S(=O)(NCc1ccccc1Cl)c1ccc(O)cc1. The number of rotatable bonds is 4. The fraction of sp³-hybridized carbons (Fsp3) is 0.0769. The van der Waals surface area contributed by atoms with E-state index in [0.29, 0.717) is 10.6 Å². The second-order valence-corrected chi connectivity index (χ2v) is 6.08. The number of phenolic OH excluding ortho intramolecular Hbond substituents is 1. The molecule has 0 atom stereocenters. The van der Waals surface area contributed by atoms with Gasteiger partial charge >= 0.3 is 0 Å². The number of phenols is 1. The lowest BCUT2D eigenvalue weighted by Crippen LogP contribution is -2.23. The molecule has 2 aromatic rings. The Bertz CT molecular complexity index is 669. The zero-order chi connectivity index (χ0) is 13.9. The van der Waals surface area contributed by atoms with Gasteiger partial charge in [-0.05, 0) is 35.9 Å². The number of hydrogen-bond acceptors (Lipinski definition) is 3. The van der Waals surface area contributed by atoms with Crippen LogP contribution in [0.15, 0.2) is 53.4 Å². The van der Waals surface area contributed by atoms with E-state index in [0.717, 1.165) is 0 Å². The molecule has 4 nitrogen and oxygen atoms in total. The molecule has 2 N–H and O–H groups in total. The fourth-order valence-corrected chi connectivity index (χ4v) is 2.73. The van der Waals surface area contributed by atoms with Crippen LogP contribution >= 0.6 is 11.6 Å². The van der Waals surface area contributed by atoms with E-state index < -0.39 is 10.0 Å². The lowest BCUT2D eigenvalue weighted by atomic mass is 10.2. The van der Waals surface area contributed by atoms with E-state index in [4.69, 9.17) is 16.7 Å². The summed E-state index contributed by atoms with van der Waals surface area (Å²) in [7, 11) is -3.61. The van der Waals surface area contributed by atoms with Gasteiger partial charge < -0.3 is 5.11 Å². The molecule has 0 aliphatic heterocycles. The summed E-state index contributed by atoms with van der Waals surface area (Å²) in [5, 5.41) is 9.64.